The number of pyridine rings is 1. The van der Waals surface area contributed by atoms with Gasteiger partial charge in [-0.3, -0.25) is 9.59 Å². The number of carbonyl (C=O) groups is 2. The van der Waals surface area contributed by atoms with Gasteiger partial charge in [-0.25, -0.2) is 13.6 Å². The lowest BCUT2D eigenvalue weighted by molar-refractivity contribution is -0.114. The van der Waals surface area contributed by atoms with Crippen molar-refractivity contribution in [3.05, 3.63) is 99.3 Å². The number of fused-ring (bicyclic) bond motifs is 1. The molecule has 0 saturated heterocycles. The Bertz CT molecular complexity index is 1530. The molecule has 36 heavy (non-hydrogen) atoms. The van der Waals surface area contributed by atoms with Gasteiger partial charge in [0, 0.05) is 29.9 Å². The maximum absolute atomic E-state index is 14.3. The summed E-state index contributed by atoms with van der Waals surface area (Å²) in [7, 11) is 0. The maximum atomic E-state index is 14.3. The first kappa shape index (κ1) is 24.6. The molecule has 0 aliphatic carbocycles. The average molecular weight is 494 g/mol. The number of aromatic nitrogens is 1. The van der Waals surface area contributed by atoms with Gasteiger partial charge in [-0.05, 0) is 48.5 Å². The lowest BCUT2D eigenvalue weighted by atomic mass is 10.0. The Morgan fingerprint density at radius 1 is 1.00 bits per heavy atom. The number of aromatic carboxylic acids is 1. The molecule has 0 atom stereocenters. The van der Waals surface area contributed by atoms with Crippen LogP contribution in [0.4, 0.5) is 14.5 Å². The monoisotopic (exact) mass is 494 g/mol. The van der Waals surface area contributed by atoms with Gasteiger partial charge in [-0.15, -0.1) is 0 Å². The van der Waals surface area contributed by atoms with E-state index >= 15 is 0 Å². The predicted octanol–water partition coefficient (Wildman–Crippen LogP) is 4.27. The number of rotatable bonds is 7. The number of amides is 1. The zero-order chi connectivity index (χ0) is 26.0. The van der Waals surface area contributed by atoms with Crippen molar-refractivity contribution >= 4 is 28.5 Å². The molecule has 184 valence electrons. The van der Waals surface area contributed by atoms with E-state index in [4.69, 9.17) is 4.74 Å². The minimum Gasteiger partial charge on any atom is -0.477 e. The topological polar surface area (TPSA) is 118 Å². The maximum Gasteiger partial charge on any atom is 0.341 e. The molecule has 0 aliphatic rings. The van der Waals surface area contributed by atoms with E-state index in [0.29, 0.717) is 11.4 Å². The summed E-state index contributed by atoms with van der Waals surface area (Å²) >= 11 is 0. The van der Waals surface area contributed by atoms with Crippen molar-refractivity contribution < 1.29 is 33.3 Å². The smallest absolute Gasteiger partial charge is 0.341 e. The number of aliphatic hydroxyl groups is 1. The molecule has 0 bridgehead atoms. The molecule has 0 radical (unpaired) electrons. The highest BCUT2D eigenvalue weighted by molar-refractivity contribution is 5.94. The molecule has 10 heteroatoms. The molecular formula is C26H20F2N2O6. The molecule has 3 N–H and O–H groups in total. The van der Waals surface area contributed by atoms with E-state index in [9.17, 15) is 33.4 Å². The van der Waals surface area contributed by atoms with Gasteiger partial charge in [0.25, 0.3) is 0 Å². The predicted molar refractivity (Wildman–Crippen MR) is 127 cm³/mol. The summed E-state index contributed by atoms with van der Waals surface area (Å²) in [6, 6.07) is 12.6. The standard InChI is InChI=1S/C26H20F2N2O6/c1-14(32)29-15-5-7-16(8-6-15)36-23-10-9-22-24(19(23)13-31)25(33)18(26(34)35)12-30(22)11-17-20(27)3-2-4-21(17)28/h2-10,12,31H,11,13H2,1H3,(H,29,32)(H,34,35). The molecule has 3 aromatic carbocycles. The highest BCUT2D eigenvalue weighted by Crippen LogP contribution is 2.32. The van der Waals surface area contributed by atoms with Crippen LogP contribution in [0.15, 0.2) is 65.6 Å². The lowest BCUT2D eigenvalue weighted by Crippen LogP contribution is -2.21. The van der Waals surface area contributed by atoms with E-state index in [1.165, 1.54) is 29.7 Å². The number of aliphatic hydroxyl groups excluding tert-OH is 1. The van der Waals surface area contributed by atoms with Crippen molar-refractivity contribution in [2.75, 3.05) is 5.32 Å². The lowest BCUT2D eigenvalue weighted by Gasteiger charge is -2.17. The molecule has 0 saturated carbocycles. The molecule has 1 heterocycles. The number of carboxylic acids is 1. The Labute approximate surface area is 203 Å². The van der Waals surface area contributed by atoms with Crippen LogP contribution < -0.4 is 15.5 Å². The molecule has 4 aromatic rings. The van der Waals surface area contributed by atoms with E-state index in [1.807, 2.05) is 0 Å². The number of carbonyl (C=O) groups excluding carboxylic acids is 1. The third-order valence-electron chi connectivity index (χ3n) is 5.50. The zero-order valence-corrected chi connectivity index (χ0v) is 18.9. The van der Waals surface area contributed by atoms with Gasteiger partial charge in [0.05, 0.1) is 24.1 Å². The van der Waals surface area contributed by atoms with Gasteiger partial charge in [0.2, 0.25) is 11.3 Å². The van der Waals surface area contributed by atoms with E-state index in [0.717, 1.165) is 18.3 Å². The fourth-order valence-corrected chi connectivity index (χ4v) is 3.85. The first-order valence-electron chi connectivity index (χ1n) is 10.7. The van der Waals surface area contributed by atoms with Crippen molar-refractivity contribution in [1.29, 1.82) is 0 Å². The number of hydrogen-bond acceptors (Lipinski definition) is 5. The molecule has 0 unspecified atom stereocenters. The molecular weight excluding hydrogens is 474 g/mol. The fraction of sp³-hybridized carbons (Fsp3) is 0.115. The molecule has 1 aromatic heterocycles. The Morgan fingerprint density at radius 3 is 2.25 bits per heavy atom. The molecule has 1 amide bonds. The van der Waals surface area contributed by atoms with Crippen molar-refractivity contribution in [3.63, 3.8) is 0 Å². The van der Waals surface area contributed by atoms with Crippen LogP contribution in [0.5, 0.6) is 11.5 Å². The minimum absolute atomic E-state index is 0.00860. The Morgan fingerprint density at radius 2 is 1.67 bits per heavy atom. The van der Waals surface area contributed by atoms with Crippen molar-refractivity contribution in [3.8, 4) is 11.5 Å². The Hall–Kier alpha value is -4.57. The van der Waals surface area contributed by atoms with Crippen molar-refractivity contribution in [1.82, 2.24) is 4.57 Å². The van der Waals surface area contributed by atoms with Gasteiger partial charge >= 0.3 is 5.97 Å². The highest BCUT2D eigenvalue weighted by Gasteiger charge is 2.21. The molecule has 4 rings (SSSR count). The quantitative estimate of drug-likeness (QED) is 0.353. The Balaban J connectivity index is 1.85. The number of nitrogens with zero attached hydrogens (tertiary/aromatic N) is 1. The van der Waals surface area contributed by atoms with Gasteiger partial charge in [0.1, 0.15) is 28.7 Å². The van der Waals surface area contributed by atoms with E-state index in [-0.39, 0.29) is 33.7 Å². The van der Waals surface area contributed by atoms with E-state index in [2.05, 4.69) is 5.32 Å². The van der Waals surface area contributed by atoms with Gasteiger partial charge < -0.3 is 24.8 Å². The fourth-order valence-electron chi connectivity index (χ4n) is 3.85. The summed E-state index contributed by atoms with van der Waals surface area (Å²) in [6.07, 6.45) is 1.02. The second-order valence-electron chi connectivity index (χ2n) is 7.91. The third kappa shape index (κ3) is 4.80. The summed E-state index contributed by atoms with van der Waals surface area (Å²) < 4.78 is 35.7. The summed E-state index contributed by atoms with van der Waals surface area (Å²) in [5.41, 5.74) is -1.13. The van der Waals surface area contributed by atoms with Crippen LogP contribution in [0.2, 0.25) is 0 Å². The number of ether oxygens (including phenoxy) is 1. The number of benzene rings is 3. The summed E-state index contributed by atoms with van der Waals surface area (Å²) in [5, 5.41) is 22.2. The average Bonchev–Trinajstić information content (AvgIpc) is 2.83. The normalized spacial score (nSPS) is 10.9. The SMILES string of the molecule is CC(=O)Nc1ccc(Oc2ccc3c(c2CO)c(=O)c(C(=O)O)cn3Cc2c(F)cccc2F)cc1. The number of carboxylic acid groups (broad SMARTS) is 1. The zero-order valence-electron chi connectivity index (χ0n) is 18.9. The third-order valence-corrected chi connectivity index (χ3v) is 5.50. The van der Waals surface area contributed by atoms with Crippen LogP contribution in [-0.2, 0) is 17.9 Å². The van der Waals surface area contributed by atoms with Crippen LogP contribution >= 0.6 is 0 Å². The molecule has 0 aliphatic heterocycles. The number of nitrogens with one attached hydrogen (secondary N) is 1. The number of anilines is 1. The van der Waals surface area contributed by atoms with Crippen molar-refractivity contribution in [2.24, 2.45) is 0 Å². The molecule has 8 nitrogen and oxygen atoms in total. The Kier molecular flexibility index (Phi) is 6.80. The van der Waals surface area contributed by atoms with Crippen LogP contribution in [-0.4, -0.2) is 26.7 Å². The first-order valence-corrected chi connectivity index (χ1v) is 10.7. The molecule has 0 fully saturated rings. The van der Waals surface area contributed by atoms with Crippen LogP contribution in [0.3, 0.4) is 0 Å². The summed E-state index contributed by atoms with van der Waals surface area (Å²) in [6.45, 7) is 0.292. The van der Waals surface area contributed by atoms with Crippen LogP contribution in [0.25, 0.3) is 10.9 Å². The van der Waals surface area contributed by atoms with Gasteiger partial charge in [-0.2, -0.15) is 0 Å². The second-order valence-corrected chi connectivity index (χ2v) is 7.91. The first-order chi connectivity index (χ1) is 17.2. The largest absolute Gasteiger partial charge is 0.477 e. The summed E-state index contributed by atoms with van der Waals surface area (Å²) in [4.78, 5) is 36.1. The van der Waals surface area contributed by atoms with Gasteiger partial charge in [0.15, 0.2) is 0 Å². The number of hydrogen-bond donors (Lipinski definition) is 3. The van der Waals surface area contributed by atoms with E-state index < -0.39 is 41.7 Å². The van der Waals surface area contributed by atoms with Crippen LogP contribution in [0, 0.1) is 11.6 Å². The van der Waals surface area contributed by atoms with Crippen LogP contribution in [0.1, 0.15) is 28.4 Å². The molecule has 0 spiro atoms. The van der Waals surface area contributed by atoms with E-state index in [1.54, 1.807) is 24.3 Å². The minimum atomic E-state index is -1.53. The summed E-state index contributed by atoms with van der Waals surface area (Å²) in [5.74, 6) is -3.04. The highest BCUT2D eigenvalue weighted by atomic mass is 19.1. The number of halogens is 2. The van der Waals surface area contributed by atoms with Crippen molar-refractivity contribution in [2.45, 2.75) is 20.1 Å². The van der Waals surface area contributed by atoms with Gasteiger partial charge in [-0.1, -0.05) is 6.07 Å². The second kappa shape index (κ2) is 9.96.